The summed E-state index contributed by atoms with van der Waals surface area (Å²) in [6.07, 6.45) is 0. The lowest BCUT2D eigenvalue weighted by atomic mass is 9.72. The van der Waals surface area contributed by atoms with Crippen LogP contribution < -0.4 is 14.8 Å². The molecule has 3 atom stereocenters. The second-order valence-corrected chi connectivity index (χ2v) is 8.52. The topological polar surface area (TPSA) is 57.5 Å². The lowest BCUT2D eigenvalue weighted by Gasteiger charge is -2.59. The number of methoxy groups -OCH3 is 2. The second kappa shape index (κ2) is 8.66. The molecule has 3 aromatic carbocycles. The third-order valence-corrected chi connectivity index (χ3v) is 6.81. The molecule has 5 rings (SSSR count). The summed E-state index contributed by atoms with van der Waals surface area (Å²) < 4.78 is 10.9. The molecule has 0 saturated carbocycles. The summed E-state index contributed by atoms with van der Waals surface area (Å²) in [5.74, 6) is 2.20. The first-order chi connectivity index (χ1) is 15.7. The van der Waals surface area contributed by atoms with Crippen molar-refractivity contribution >= 4 is 0 Å². The molecule has 0 amide bonds. The molecule has 2 aliphatic heterocycles. The number of nitriles is 1. The molecule has 32 heavy (non-hydrogen) atoms. The van der Waals surface area contributed by atoms with Crippen LogP contribution in [0.25, 0.3) is 11.1 Å². The van der Waals surface area contributed by atoms with Crippen molar-refractivity contribution in [2.24, 2.45) is 0 Å². The van der Waals surface area contributed by atoms with Crippen LogP contribution in [-0.2, 0) is 6.54 Å². The Morgan fingerprint density at radius 3 is 1.97 bits per heavy atom. The van der Waals surface area contributed by atoms with Crippen molar-refractivity contribution < 1.29 is 9.47 Å². The first-order valence-electron chi connectivity index (χ1n) is 11.0. The lowest BCUT2D eigenvalue weighted by Crippen LogP contribution is -2.72. The largest absolute Gasteiger partial charge is 0.497 e. The van der Waals surface area contributed by atoms with Crippen LogP contribution in [0.5, 0.6) is 11.5 Å². The van der Waals surface area contributed by atoms with Crippen LogP contribution >= 0.6 is 0 Å². The van der Waals surface area contributed by atoms with Crippen molar-refractivity contribution in [3.05, 3.63) is 83.4 Å². The van der Waals surface area contributed by atoms with E-state index in [4.69, 9.17) is 14.7 Å². The van der Waals surface area contributed by atoms with Gasteiger partial charge in [0.2, 0.25) is 0 Å². The van der Waals surface area contributed by atoms with Crippen LogP contribution in [0, 0.1) is 11.3 Å². The van der Waals surface area contributed by atoms with E-state index in [0.29, 0.717) is 23.6 Å². The Hall–Kier alpha value is -3.33. The van der Waals surface area contributed by atoms with E-state index < -0.39 is 0 Å². The molecule has 3 aromatic rings. The van der Waals surface area contributed by atoms with Crippen LogP contribution in [0.1, 0.15) is 22.6 Å². The molecule has 2 saturated heterocycles. The molecule has 5 heteroatoms. The molecule has 5 nitrogen and oxygen atoms in total. The highest BCUT2D eigenvalue weighted by Gasteiger charge is 2.50. The third kappa shape index (κ3) is 3.73. The Labute approximate surface area is 189 Å². The van der Waals surface area contributed by atoms with Gasteiger partial charge in [0, 0.05) is 43.7 Å². The predicted octanol–water partition coefficient (Wildman–Crippen LogP) is 4.18. The van der Waals surface area contributed by atoms with Gasteiger partial charge in [0.1, 0.15) is 11.5 Å². The molecule has 2 bridgehead atoms. The van der Waals surface area contributed by atoms with Gasteiger partial charge < -0.3 is 14.8 Å². The quantitative estimate of drug-likeness (QED) is 0.642. The van der Waals surface area contributed by atoms with Crippen LogP contribution in [-0.4, -0.2) is 44.3 Å². The fraction of sp³-hybridized carbons (Fsp3) is 0.296. The van der Waals surface area contributed by atoms with Gasteiger partial charge in [0.25, 0.3) is 0 Å². The zero-order valence-corrected chi connectivity index (χ0v) is 18.4. The van der Waals surface area contributed by atoms with E-state index in [9.17, 15) is 0 Å². The summed E-state index contributed by atoms with van der Waals surface area (Å²) in [4.78, 5) is 2.60. The SMILES string of the molecule is COc1cc(CN2[C@@H]3CNC[C@H]2C3c2ccc(-c3ccc(C#N)cc3)cc2)cc(OC)c1. The van der Waals surface area contributed by atoms with E-state index in [1.165, 1.54) is 16.7 Å². The highest BCUT2D eigenvalue weighted by molar-refractivity contribution is 5.64. The molecule has 2 aliphatic rings. The number of piperidine rings is 1. The number of hydrogen-bond acceptors (Lipinski definition) is 5. The number of piperazine rings is 1. The number of nitrogens with zero attached hydrogens (tertiary/aromatic N) is 2. The minimum Gasteiger partial charge on any atom is -0.497 e. The summed E-state index contributed by atoms with van der Waals surface area (Å²) in [5.41, 5.74) is 5.63. The van der Waals surface area contributed by atoms with Crippen LogP contribution in [0.3, 0.4) is 0 Å². The van der Waals surface area contributed by atoms with Crippen molar-refractivity contribution in [1.82, 2.24) is 10.2 Å². The third-order valence-electron chi connectivity index (χ3n) is 6.81. The average Bonchev–Trinajstić information content (AvgIpc) is 2.87. The van der Waals surface area contributed by atoms with E-state index >= 15 is 0 Å². The van der Waals surface area contributed by atoms with Crippen molar-refractivity contribution in [1.29, 1.82) is 5.26 Å². The Kier molecular flexibility index (Phi) is 5.57. The van der Waals surface area contributed by atoms with E-state index in [1.807, 2.05) is 30.3 Å². The number of fused-ring (bicyclic) bond motifs is 2. The highest BCUT2D eigenvalue weighted by Crippen LogP contribution is 2.44. The monoisotopic (exact) mass is 425 g/mol. The van der Waals surface area contributed by atoms with Crippen LogP contribution in [0.2, 0.25) is 0 Å². The molecule has 1 unspecified atom stereocenters. The molecular formula is C27H27N3O2. The second-order valence-electron chi connectivity index (χ2n) is 8.52. The fourth-order valence-corrected chi connectivity index (χ4v) is 5.16. The van der Waals surface area contributed by atoms with Gasteiger partial charge in [0.15, 0.2) is 0 Å². The maximum Gasteiger partial charge on any atom is 0.122 e. The smallest absolute Gasteiger partial charge is 0.122 e. The molecule has 0 radical (unpaired) electrons. The standard InChI is InChI=1S/C27H27N3O2/c1-31-23-11-19(12-24(13-23)32-2)17-30-25-15-29-16-26(30)27(25)22-9-7-21(8-10-22)20-5-3-18(14-28)4-6-20/h3-13,25-27,29H,15-17H2,1-2H3/t25-,26+,27?. The number of rotatable bonds is 6. The molecule has 1 N–H and O–H groups in total. The van der Waals surface area contributed by atoms with Crippen molar-refractivity contribution in [2.75, 3.05) is 27.3 Å². The van der Waals surface area contributed by atoms with Gasteiger partial charge in [-0.1, -0.05) is 36.4 Å². The van der Waals surface area contributed by atoms with Gasteiger partial charge in [-0.05, 0) is 46.5 Å². The lowest BCUT2D eigenvalue weighted by molar-refractivity contribution is -0.0484. The van der Waals surface area contributed by atoms with E-state index in [0.717, 1.165) is 36.7 Å². The predicted molar refractivity (Wildman–Crippen MR) is 125 cm³/mol. The molecule has 2 fully saturated rings. The summed E-state index contributed by atoms with van der Waals surface area (Å²) in [6.45, 7) is 2.89. The zero-order chi connectivity index (χ0) is 22.1. The van der Waals surface area contributed by atoms with Crippen LogP contribution in [0.4, 0.5) is 0 Å². The number of benzene rings is 3. The minimum atomic E-state index is 0.478. The Morgan fingerprint density at radius 2 is 1.44 bits per heavy atom. The molecular weight excluding hydrogens is 398 g/mol. The Morgan fingerprint density at radius 1 is 0.875 bits per heavy atom. The van der Waals surface area contributed by atoms with E-state index in [-0.39, 0.29) is 0 Å². The summed E-state index contributed by atoms with van der Waals surface area (Å²) in [7, 11) is 3.39. The van der Waals surface area contributed by atoms with Crippen molar-refractivity contribution in [3.8, 4) is 28.7 Å². The van der Waals surface area contributed by atoms with Crippen LogP contribution in [0.15, 0.2) is 66.7 Å². The first kappa shape index (κ1) is 20.6. The summed E-state index contributed by atoms with van der Waals surface area (Å²) in [6, 6.07) is 26.0. The maximum absolute atomic E-state index is 9.00. The van der Waals surface area contributed by atoms with Gasteiger partial charge in [0.05, 0.1) is 25.9 Å². The zero-order valence-electron chi connectivity index (χ0n) is 18.4. The highest BCUT2D eigenvalue weighted by atomic mass is 16.5. The summed E-state index contributed by atoms with van der Waals surface area (Å²) >= 11 is 0. The van der Waals surface area contributed by atoms with Crippen molar-refractivity contribution in [3.63, 3.8) is 0 Å². The molecule has 0 spiro atoms. The minimum absolute atomic E-state index is 0.478. The number of ether oxygens (including phenoxy) is 2. The first-order valence-corrected chi connectivity index (χ1v) is 11.0. The maximum atomic E-state index is 9.00. The van der Waals surface area contributed by atoms with Gasteiger partial charge in [-0.25, -0.2) is 0 Å². The van der Waals surface area contributed by atoms with Gasteiger partial charge in [-0.15, -0.1) is 0 Å². The normalized spacial score (nSPS) is 22.0. The molecule has 2 heterocycles. The Bertz CT molecular complexity index is 1100. The fourth-order valence-electron chi connectivity index (χ4n) is 5.16. The van der Waals surface area contributed by atoms with E-state index in [1.54, 1.807) is 14.2 Å². The van der Waals surface area contributed by atoms with Crippen molar-refractivity contribution in [2.45, 2.75) is 24.5 Å². The average molecular weight is 426 g/mol. The van der Waals surface area contributed by atoms with Gasteiger partial charge in [-0.2, -0.15) is 5.26 Å². The molecule has 0 aliphatic carbocycles. The van der Waals surface area contributed by atoms with E-state index in [2.05, 4.69) is 52.7 Å². The van der Waals surface area contributed by atoms with Gasteiger partial charge in [-0.3, -0.25) is 4.90 Å². The Balaban J connectivity index is 1.32. The number of nitrogens with one attached hydrogen (secondary N) is 1. The molecule has 0 aromatic heterocycles. The molecule has 162 valence electrons. The van der Waals surface area contributed by atoms with Gasteiger partial charge >= 0.3 is 0 Å². The summed E-state index contributed by atoms with van der Waals surface area (Å²) in [5, 5.41) is 12.6. The number of hydrogen-bond donors (Lipinski definition) is 1.